The van der Waals surface area contributed by atoms with Crippen LogP contribution >= 0.6 is 15.6 Å². The third-order valence-corrected chi connectivity index (χ3v) is 0. The maximum absolute atomic E-state index is 8.55. The quantitative estimate of drug-likeness (QED) is 0.300. The van der Waals surface area contributed by atoms with Gasteiger partial charge in [-0.1, -0.05) is 0 Å². The second kappa shape index (κ2) is 6.28. The van der Waals surface area contributed by atoms with Crippen LogP contribution in [-0.4, -0.2) is 0 Å². The van der Waals surface area contributed by atoms with Gasteiger partial charge in [0.05, 0.1) is 0 Å². The first-order valence-electron chi connectivity index (χ1n) is 1.46. The van der Waals surface area contributed by atoms with Crippen molar-refractivity contribution in [1.29, 1.82) is 0 Å². The summed E-state index contributed by atoms with van der Waals surface area (Å²) in [4.78, 5) is 51.3. The van der Waals surface area contributed by atoms with Crippen molar-refractivity contribution in [2.24, 2.45) is 0 Å². The van der Waals surface area contributed by atoms with Crippen LogP contribution in [0.1, 0.15) is 0 Å². The third kappa shape index (κ3) is 1500. The molecule has 0 heterocycles. The molecule has 0 N–H and O–H groups in total. The molecular formula is FeO8P2. The Morgan fingerprint density at radius 1 is 0.636 bits per heavy atom. The fourth-order valence-electron chi connectivity index (χ4n) is 0. The summed E-state index contributed by atoms with van der Waals surface area (Å²) in [7, 11) is -10.8. The maximum Gasteiger partial charge on any atom is 6.00 e. The van der Waals surface area contributed by atoms with Crippen molar-refractivity contribution in [3.05, 3.63) is 0 Å². The van der Waals surface area contributed by atoms with E-state index in [9.17, 15) is 0 Å². The fourth-order valence-corrected chi connectivity index (χ4v) is 0. The molecule has 0 saturated carbocycles. The normalized spacial score (nSPS) is 10.7. The first-order valence-corrected chi connectivity index (χ1v) is 4.38. The molecule has 11 heavy (non-hydrogen) atoms. The summed E-state index contributed by atoms with van der Waals surface area (Å²) in [6.45, 7) is 0. The van der Waals surface area contributed by atoms with E-state index in [2.05, 4.69) is 0 Å². The summed E-state index contributed by atoms with van der Waals surface area (Å²) in [5.41, 5.74) is 0. The van der Waals surface area contributed by atoms with E-state index in [0.717, 1.165) is 0 Å². The van der Waals surface area contributed by atoms with E-state index in [1.165, 1.54) is 0 Å². The zero-order valence-electron chi connectivity index (χ0n) is 4.51. The average molecular weight is 246 g/mol. The Kier molecular flexibility index (Phi) is 10.1. The molecule has 8 nitrogen and oxygen atoms in total. The minimum Gasteiger partial charge on any atom is -0.822 e. The van der Waals surface area contributed by atoms with E-state index in [-0.39, 0.29) is 17.1 Å². The monoisotopic (exact) mass is 246 g/mol. The SMILES string of the molecule is O=P([O-])([O-])[O-].O=P([O-])([O-])[O-].[Fe+6]. The van der Waals surface area contributed by atoms with Crippen LogP contribution in [0, 0.1) is 0 Å². The number of phosphoric acid groups is 2. The Hall–Kier alpha value is 0.739. The van der Waals surface area contributed by atoms with Gasteiger partial charge in [-0.25, -0.2) is 0 Å². The van der Waals surface area contributed by atoms with Crippen molar-refractivity contribution in [1.82, 2.24) is 0 Å². The summed E-state index contributed by atoms with van der Waals surface area (Å²) in [5.74, 6) is 0. The van der Waals surface area contributed by atoms with Gasteiger partial charge in [0.15, 0.2) is 0 Å². The zero-order chi connectivity index (χ0) is 9.00. The molecule has 0 aromatic carbocycles. The van der Waals surface area contributed by atoms with Crippen LogP contribution in [0.25, 0.3) is 0 Å². The Morgan fingerprint density at radius 2 is 0.636 bits per heavy atom. The molecule has 66 valence electrons. The standard InChI is InChI=1S/Fe.2H3O4P/c;2*1-5(2,3)4/h;2*(H3,1,2,3,4)/q+6;;/p-6. The number of hydrogen-bond donors (Lipinski definition) is 0. The number of rotatable bonds is 0. The van der Waals surface area contributed by atoms with Crippen LogP contribution in [-0.2, 0) is 26.2 Å². The molecule has 11 heteroatoms. The van der Waals surface area contributed by atoms with E-state index in [0.29, 0.717) is 0 Å². The minimum absolute atomic E-state index is 0. The van der Waals surface area contributed by atoms with Crippen LogP contribution < -0.4 is 29.4 Å². The molecule has 0 amide bonds. The molecule has 0 fully saturated rings. The summed E-state index contributed by atoms with van der Waals surface area (Å²) < 4.78 is 17.1. The predicted octanol–water partition coefficient (Wildman–Crippen LogP) is -5.65. The Bertz CT molecular complexity index is 124. The molecule has 0 rings (SSSR count). The Balaban J connectivity index is -0.000000107. The molecule has 0 saturated heterocycles. The zero-order valence-corrected chi connectivity index (χ0v) is 7.41. The summed E-state index contributed by atoms with van der Waals surface area (Å²) in [5, 5.41) is 0. The Morgan fingerprint density at radius 3 is 0.636 bits per heavy atom. The van der Waals surface area contributed by atoms with Gasteiger partial charge < -0.3 is 38.5 Å². The molecular weight excluding hydrogens is 246 g/mol. The summed E-state index contributed by atoms with van der Waals surface area (Å²) in [6, 6.07) is 0. The third-order valence-electron chi connectivity index (χ3n) is 0. The molecule has 0 aliphatic heterocycles. The van der Waals surface area contributed by atoms with Gasteiger partial charge in [0.2, 0.25) is 0 Å². The van der Waals surface area contributed by atoms with Gasteiger partial charge >= 0.3 is 17.1 Å². The molecule has 0 radical (unpaired) electrons. The second-order valence-electron chi connectivity index (χ2n) is 0.894. The molecule has 0 spiro atoms. The largest absolute Gasteiger partial charge is 6.00 e. The van der Waals surface area contributed by atoms with E-state index in [4.69, 9.17) is 38.5 Å². The fraction of sp³-hybridized carbons (Fsp3) is 0. The molecule has 0 aromatic heterocycles. The topological polar surface area (TPSA) is 172 Å². The van der Waals surface area contributed by atoms with E-state index in [1.807, 2.05) is 0 Å². The van der Waals surface area contributed by atoms with Crippen molar-refractivity contribution in [3.8, 4) is 0 Å². The van der Waals surface area contributed by atoms with Gasteiger partial charge in [-0.2, -0.15) is 15.6 Å². The van der Waals surface area contributed by atoms with E-state index in [1.54, 1.807) is 0 Å². The van der Waals surface area contributed by atoms with Crippen molar-refractivity contribution >= 4 is 15.6 Å². The van der Waals surface area contributed by atoms with Crippen LogP contribution in [0.4, 0.5) is 0 Å². The molecule has 0 bridgehead atoms. The van der Waals surface area contributed by atoms with Crippen LogP contribution in [0.2, 0.25) is 0 Å². The van der Waals surface area contributed by atoms with E-state index >= 15 is 0 Å². The molecule has 0 atom stereocenters. The molecule has 0 aliphatic carbocycles. The molecule has 0 aliphatic rings. The van der Waals surface area contributed by atoms with Gasteiger partial charge in [0.25, 0.3) is 0 Å². The van der Waals surface area contributed by atoms with Gasteiger partial charge in [-0.05, 0) is 0 Å². The molecule has 0 aromatic rings. The number of hydrogen-bond acceptors (Lipinski definition) is 8. The van der Waals surface area contributed by atoms with Gasteiger partial charge in [0, 0.05) is 0 Å². The van der Waals surface area contributed by atoms with E-state index < -0.39 is 15.6 Å². The molecule has 0 unspecified atom stereocenters. The van der Waals surface area contributed by atoms with Crippen molar-refractivity contribution in [2.45, 2.75) is 0 Å². The van der Waals surface area contributed by atoms with Crippen molar-refractivity contribution in [3.63, 3.8) is 0 Å². The van der Waals surface area contributed by atoms with Crippen molar-refractivity contribution in [2.75, 3.05) is 0 Å². The summed E-state index contributed by atoms with van der Waals surface area (Å²) >= 11 is 0. The first-order chi connectivity index (χ1) is 4.00. The van der Waals surface area contributed by atoms with Crippen LogP contribution in [0.3, 0.4) is 0 Å². The van der Waals surface area contributed by atoms with Gasteiger partial charge in [-0.15, -0.1) is 0 Å². The van der Waals surface area contributed by atoms with Crippen LogP contribution in [0.5, 0.6) is 0 Å². The predicted molar refractivity (Wildman–Crippen MR) is 15.2 cm³/mol. The van der Waals surface area contributed by atoms with Crippen LogP contribution in [0.15, 0.2) is 0 Å². The summed E-state index contributed by atoms with van der Waals surface area (Å²) in [6.07, 6.45) is 0. The van der Waals surface area contributed by atoms with Crippen molar-refractivity contribution < 1.29 is 55.6 Å². The second-order valence-corrected chi connectivity index (χ2v) is 2.68. The van der Waals surface area contributed by atoms with Gasteiger partial charge in [0.1, 0.15) is 0 Å². The van der Waals surface area contributed by atoms with Gasteiger partial charge in [-0.3, -0.25) is 0 Å². The average Bonchev–Trinajstić information content (AvgIpc) is 1.12. The minimum atomic E-state index is -5.39. The Labute approximate surface area is 71.8 Å². The first kappa shape index (κ1) is 17.7. The smallest absolute Gasteiger partial charge is 0.822 e. The maximum atomic E-state index is 8.55.